The van der Waals surface area contributed by atoms with Crippen LogP contribution >= 0.6 is 0 Å². The van der Waals surface area contributed by atoms with E-state index in [-0.39, 0.29) is 13.0 Å². The number of esters is 1. The fourth-order valence-electron chi connectivity index (χ4n) is 3.01. The molecule has 8 heteroatoms. The van der Waals surface area contributed by atoms with Crippen LogP contribution in [-0.4, -0.2) is 33.8 Å². The Labute approximate surface area is 177 Å². The van der Waals surface area contributed by atoms with Crippen LogP contribution in [0.25, 0.3) is 0 Å². The molecule has 4 nitrogen and oxygen atoms in total. The van der Waals surface area contributed by atoms with Crippen LogP contribution in [0.1, 0.15) is 98.8 Å². The zero-order valence-electron chi connectivity index (χ0n) is 18.7. The van der Waals surface area contributed by atoms with Crippen molar-refractivity contribution in [1.29, 1.82) is 0 Å². The molecule has 1 N–H and O–H groups in total. The molecule has 0 aliphatic rings. The van der Waals surface area contributed by atoms with Gasteiger partial charge in [0.15, 0.2) is 0 Å². The van der Waals surface area contributed by atoms with E-state index in [1.807, 2.05) is 0 Å². The first-order chi connectivity index (χ1) is 13.4. The smallest absolute Gasteiger partial charge is 0.405 e. The summed E-state index contributed by atoms with van der Waals surface area (Å²) in [5.41, 5.74) is 0. The number of halogens is 3. The number of ether oxygens (including phenoxy) is 1. The number of unbranched alkanes of at least 4 members (excludes halogenated alkanes) is 8. The summed E-state index contributed by atoms with van der Waals surface area (Å²) >= 11 is 0. The SMILES string of the molecule is CCCCCCCCCCC[C@H](C(=O)OCC)[C@H](N[S@@](=O)C(C)(C)C)C(F)(F)F. The normalized spacial score (nSPS) is 15.7. The minimum atomic E-state index is -4.70. The molecule has 0 amide bonds. The number of carbonyl (C=O) groups excluding carboxylic acids is 1. The van der Waals surface area contributed by atoms with Crippen molar-refractivity contribution in [3.8, 4) is 0 Å². The third-order valence-corrected chi connectivity index (χ3v) is 6.33. The lowest BCUT2D eigenvalue weighted by Gasteiger charge is -2.30. The van der Waals surface area contributed by atoms with Crippen molar-refractivity contribution in [2.75, 3.05) is 6.61 Å². The predicted molar refractivity (Wildman–Crippen MR) is 113 cm³/mol. The van der Waals surface area contributed by atoms with Crippen LogP contribution in [0, 0.1) is 5.92 Å². The maximum Gasteiger partial charge on any atom is 0.405 e. The average molecular weight is 444 g/mol. The fraction of sp³-hybridized carbons (Fsp3) is 0.952. The molecule has 0 aliphatic carbocycles. The molecule has 0 radical (unpaired) electrons. The van der Waals surface area contributed by atoms with Gasteiger partial charge in [0.05, 0.1) is 28.3 Å². The molecule has 3 atom stereocenters. The number of hydrogen-bond donors (Lipinski definition) is 1. The van der Waals surface area contributed by atoms with Crippen LogP contribution in [0.15, 0.2) is 0 Å². The van der Waals surface area contributed by atoms with E-state index in [2.05, 4.69) is 11.6 Å². The van der Waals surface area contributed by atoms with Gasteiger partial charge < -0.3 is 4.74 Å². The Bertz CT molecular complexity index is 479. The van der Waals surface area contributed by atoms with Crippen LogP contribution in [0.5, 0.6) is 0 Å². The highest BCUT2D eigenvalue weighted by atomic mass is 32.2. The zero-order chi connectivity index (χ0) is 22.5. The summed E-state index contributed by atoms with van der Waals surface area (Å²) in [6.45, 7) is 8.51. The molecule has 0 aromatic carbocycles. The molecule has 0 spiro atoms. The molecule has 0 aliphatic heterocycles. The van der Waals surface area contributed by atoms with E-state index in [4.69, 9.17) is 4.74 Å². The van der Waals surface area contributed by atoms with Gasteiger partial charge in [-0.15, -0.1) is 0 Å². The molecule has 0 rings (SSSR count). The van der Waals surface area contributed by atoms with Gasteiger partial charge in [0.25, 0.3) is 0 Å². The highest BCUT2D eigenvalue weighted by molar-refractivity contribution is 7.84. The topological polar surface area (TPSA) is 55.4 Å². The van der Waals surface area contributed by atoms with Gasteiger partial charge in [-0.3, -0.25) is 4.79 Å². The fourth-order valence-corrected chi connectivity index (χ4v) is 3.90. The van der Waals surface area contributed by atoms with E-state index in [1.165, 1.54) is 25.7 Å². The van der Waals surface area contributed by atoms with Crippen molar-refractivity contribution in [3.05, 3.63) is 0 Å². The summed E-state index contributed by atoms with van der Waals surface area (Å²) in [5, 5.41) is 0. The number of alkyl halides is 3. The molecule has 0 aromatic rings. The van der Waals surface area contributed by atoms with Crippen LogP contribution in [0.4, 0.5) is 13.2 Å². The summed E-state index contributed by atoms with van der Waals surface area (Å²) in [5.74, 6) is -2.28. The van der Waals surface area contributed by atoms with Gasteiger partial charge in [-0.05, 0) is 34.1 Å². The standard InChI is InChI=1S/C21H40F3NO3S/c1-6-8-9-10-11-12-13-14-15-16-17(19(26)28-7-2)18(21(22,23)24)25-29(27)20(3,4)5/h17-18,25H,6-16H2,1-5H3/t17-,18-,29-/m0/s1. The summed E-state index contributed by atoms with van der Waals surface area (Å²) in [6.07, 6.45) is 4.65. The molecule has 0 heterocycles. The number of hydrogen-bond acceptors (Lipinski definition) is 3. The maximum absolute atomic E-state index is 13.7. The minimum absolute atomic E-state index is 0.0139. The van der Waals surface area contributed by atoms with Crippen molar-refractivity contribution in [2.24, 2.45) is 5.92 Å². The summed E-state index contributed by atoms with van der Waals surface area (Å²) < 4.78 is 59.5. The molecular weight excluding hydrogens is 403 g/mol. The molecule has 0 saturated carbocycles. The summed E-state index contributed by atoms with van der Waals surface area (Å²) in [6, 6.07) is -2.18. The largest absolute Gasteiger partial charge is 0.466 e. The zero-order valence-corrected chi connectivity index (χ0v) is 19.5. The molecule has 0 unspecified atom stereocenters. The summed E-state index contributed by atoms with van der Waals surface area (Å²) in [4.78, 5) is 12.3. The van der Waals surface area contributed by atoms with Crippen molar-refractivity contribution < 1.29 is 26.9 Å². The molecule has 0 saturated heterocycles. The quantitative estimate of drug-likeness (QED) is 0.247. The molecule has 0 fully saturated rings. The van der Waals surface area contributed by atoms with Gasteiger partial charge in [-0.2, -0.15) is 13.2 Å². The highest BCUT2D eigenvalue weighted by Crippen LogP contribution is 2.31. The van der Waals surface area contributed by atoms with Gasteiger partial charge in [-0.1, -0.05) is 64.7 Å². The minimum Gasteiger partial charge on any atom is -0.466 e. The Kier molecular flexibility index (Phi) is 14.1. The Morgan fingerprint density at radius 3 is 1.83 bits per heavy atom. The second-order valence-electron chi connectivity index (χ2n) is 8.49. The van der Waals surface area contributed by atoms with Gasteiger partial charge in [-0.25, -0.2) is 8.93 Å². The Balaban J connectivity index is 4.85. The van der Waals surface area contributed by atoms with Crippen LogP contribution < -0.4 is 4.72 Å². The van der Waals surface area contributed by atoms with E-state index in [0.29, 0.717) is 6.42 Å². The molecule has 0 aromatic heterocycles. The molecule has 0 bridgehead atoms. The lowest BCUT2D eigenvalue weighted by atomic mass is 9.93. The molecule has 29 heavy (non-hydrogen) atoms. The number of rotatable bonds is 15. The third-order valence-electron chi connectivity index (χ3n) is 4.75. The van der Waals surface area contributed by atoms with Crippen LogP contribution in [0.2, 0.25) is 0 Å². The third kappa shape index (κ3) is 12.6. The number of carbonyl (C=O) groups is 1. The second-order valence-corrected chi connectivity index (χ2v) is 10.5. The molecule has 174 valence electrons. The second kappa shape index (κ2) is 14.4. The Morgan fingerprint density at radius 1 is 0.931 bits per heavy atom. The van der Waals surface area contributed by atoms with E-state index < -0.39 is 39.8 Å². The van der Waals surface area contributed by atoms with Gasteiger partial charge in [0, 0.05) is 0 Å². The van der Waals surface area contributed by atoms with Crippen molar-refractivity contribution in [1.82, 2.24) is 4.72 Å². The Hall–Kier alpha value is -0.630. The summed E-state index contributed by atoms with van der Waals surface area (Å²) in [7, 11) is -1.95. The van der Waals surface area contributed by atoms with Crippen molar-refractivity contribution in [2.45, 2.75) is 116 Å². The van der Waals surface area contributed by atoms with Gasteiger partial charge >= 0.3 is 12.1 Å². The van der Waals surface area contributed by atoms with Crippen LogP contribution in [0.3, 0.4) is 0 Å². The lowest BCUT2D eigenvalue weighted by molar-refractivity contribution is -0.179. The van der Waals surface area contributed by atoms with E-state index >= 15 is 0 Å². The predicted octanol–water partition coefficient (Wildman–Crippen LogP) is 6.07. The Morgan fingerprint density at radius 2 is 1.41 bits per heavy atom. The van der Waals surface area contributed by atoms with E-state index in [0.717, 1.165) is 25.7 Å². The maximum atomic E-state index is 13.7. The first kappa shape index (κ1) is 28.4. The van der Waals surface area contributed by atoms with Crippen molar-refractivity contribution in [3.63, 3.8) is 0 Å². The monoisotopic (exact) mass is 443 g/mol. The van der Waals surface area contributed by atoms with E-state index in [9.17, 15) is 22.2 Å². The molecular formula is C21H40F3NO3S. The van der Waals surface area contributed by atoms with E-state index in [1.54, 1.807) is 27.7 Å². The first-order valence-corrected chi connectivity index (χ1v) is 12.0. The average Bonchev–Trinajstić information content (AvgIpc) is 2.60. The first-order valence-electron chi connectivity index (χ1n) is 10.9. The van der Waals surface area contributed by atoms with Gasteiger partial charge in [0.2, 0.25) is 0 Å². The number of nitrogens with one attached hydrogen (secondary N) is 1. The lowest BCUT2D eigenvalue weighted by Crippen LogP contribution is -2.53. The van der Waals surface area contributed by atoms with Crippen molar-refractivity contribution >= 4 is 17.0 Å². The van der Waals surface area contributed by atoms with Gasteiger partial charge in [0.1, 0.15) is 6.04 Å². The highest BCUT2D eigenvalue weighted by Gasteiger charge is 2.49. The van der Waals surface area contributed by atoms with Crippen LogP contribution in [-0.2, 0) is 20.5 Å².